The Morgan fingerprint density at radius 3 is 2.69 bits per heavy atom. The van der Waals surface area contributed by atoms with E-state index in [1.54, 1.807) is 4.68 Å². The van der Waals surface area contributed by atoms with E-state index in [1.807, 2.05) is 63.2 Å². The molecule has 0 radical (unpaired) electrons. The van der Waals surface area contributed by atoms with Crippen LogP contribution in [0, 0.1) is 6.92 Å². The topological polar surface area (TPSA) is 78.3 Å². The molecule has 0 bridgehead atoms. The molecule has 1 amide bonds. The summed E-state index contributed by atoms with van der Waals surface area (Å²) in [7, 11) is 0. The number of hydrogen-bond donors (Lipinski definition) is 1. The van der Waals surface area contributed by atoms with Crippen LogP contribution in [0.25, 0.3) is 15.3 Å². The normalized spacial score (nSPS) is 15.5. The fourth-order valence-electron chi connectivity index (χ4n) is 4.20. The summed E-state index contributed by atoms with van der Waals surface area (Å²) in [6, 6.07) is 13.8. The molecule has 5 rings (SSSR count). The van der Waals surface area contributed by atoms with Crippen LogP contribution in [0.1, 0.15) is 43.0 Å². The van der Waals surface area contributed by atoms with Crippen LogP contribution in [0.2, 0.25) is 0 Å². The third kappa shape index (κ3) is 3.60. The van der Waals surface area contributed by atoms with E-state index >= 15 is 0 Å². The molecule has 4 aromatic rings. The lowest BCUT2D eigenvalue weighted by atomic mass is 9.86. The number of fused-ring (bicyclic) bond motifs is 2. The number of nitrogens with zero attached hydrogens (tertiary/aromatic N) is 3. The molecule has 1 unspecified atom stereocenters. The number of carbonyl (C=O) groups excluding carboxylic acids is 1. The van der Waals surface area contributed by atoms with E-state index < -0.39 is 0 Å². The lowest BCUT2D eigenvalue weighted by molar-refractivity contribution is -0.116. The summed E-state index contributed by atoms with van der Waals surface area (Å²) in [6.45, 7) is 7.11. The Balaban J connectivity index is 1.59. The minimum absolute atomic E-state index is 0.0368. The number of ether oxygens (including phenoxy) is 2. The summed E-state index contributed by atoms with van der Waals surface area (Å²) in [4.78, 5) is 17.4. The average Bonchev–Trinajstić information content (AvgIpc) is 3.34. The summed E-state index contributed by atoms with van der Waals surface area (Å²) in [6.07, 6.45) is 0.368. The molecule has 0 fully saturated rings. The minimum Gasteiger partial charge on any atom is -0.494 e. The Labute approximate surface area is 190 Å². The fraction of sp³-hybridized carbons (Fsp3) is 0.292. The van der Waals surface area contributed by atoms with E-state index in [2.05, 4.69) is 5.32 Å². The van der Waals surface area contributed by atoms with Gasteiger partial charge in [-0.3, -0.25) is 4.79 Å². The molecule has 1 aliphatic rings. The van der Waals surface area contributed by atoms with Crippen molar-refractivity contribution in [3.05, 3.63) is 59.3 Å². The molecule has 0 spiro atoms. The van der Waals surface area contributed by atoms with Gasteiger partial charge in [-0.2, -0.15) is 9.78 Å². The van der Waals surface area contributed by atoms with Gasteiger partial charge in [0.2, 0.25) is 11.0 Å². The molecule has 2 aromatic heterocycles. The number of aryl methyl sites for hydroxylation is 1. The van der Waals surface area contributed by atoms with Gasteiger partial charge in [0.05, 0.1) is 29.1 Å². The zero-order valence-electron chi connectivity index (χ0n) is 18.2. The van der Waals surface area contributed by atoms with Gasteiger partial charge >= 0.3 is 0 Å². The number of amides is 1. The molecule has 3 heterocycles. The Morgan fingerprint density at radius 2 is 1.91 bits per heavy atom. The summed E-state index contributed by atoms with van der Waals surface area (Å²) < 4.78 is 14.1. The van der Waals surface area contributed by atoms with Gasteiger partial charge in [-0.05, 0) is 56.7 Å². The van der Waals surface area contributed by atoms with Crippen LogP contribution in [0.5, 0.6) is 11.5 Å². The number of hydrogen-bond acceptors (Lipinski definition) is 6. The summed E-state index contributed by atoms with van der Waals surface area (Å²) in [5.74, 6) is 2.18. The van der Waals surface area contributed by atoms with Gasteiger partial charge in [-0.25, -0.2) is 4.98 Å². The van der Waals surface area contributed by atoms with Crippen LogP contribution < -0.4 is 14.8 Å². The van der Waals surface area contributed by atoms with Gasteiger partial charge in [0.1, 0.15) is 17.3 Å². The predicted octanol–water partition coefficient (Wildman–Crippen LogP) is 5.06. The standard InChI is InChI=1S/C24H24N4O3S/c1-4-30-16-8-6-7-15(11-16)18-13-21(29)26-23-22(18)14(3)27-28(23)24-25-19-10-9-17(31-5-2)12-20(19)32-24/h6-12,18H,4-5,13H2,1-3H3,(H,26,29). The lowest BCUT2D eigenvalue weighted by Crippen LogP contribution is -2.25. The highest BCUT2D eigenvalue weighted by molar-refractivity contribution is 7.20. The van der Waals surface area contributed by atoms with E-state index in [9.17, 15) is 4.79 Å². The number of aromatic nitrogens is 3. The van der Waals surface area contributed by atoms with Crippen molar-refractivity contribution in [2.45, 2.75) is 33.1 Å². The third-order valence-corrected chi connectivity index (χ3v) is 6.51. The Morgan fingerprint density at radius 1 is 1.12 bits per heavy atom. The molecule has 8 heteroatoms. The van der Waals surface area contributed by atoms with E-state index in [-0.39, 0.29) is 11.8 Å². The van der Waals surface area contributed by atoms with Crippen LogP contribution in [0.4, 0.5) is 5.82 Å². The maximum Gasteiger partial charge on any atom is 0.226 e. The molecular formula is C24H24N4O3S. The maximum absolute atomic E-state index is 12.7. The molecule has 7 nitrogen and oxygen atoms in total. The van der Waals surface area contributed by atoms with Crippen molar-refractivity contribution in [3.63, 3.8) is 0 Å². The molecule has 164 valence electrons. The highest BCUT2D eigenvalue weighted by Gasteiger charge is 2.33. The smallest absolute Gasteiger partial charge is 0.226 e. The van der Waals surface area contributed by atoms with Crippen LogP contribution in [-0.4, -0.2) is 33.9 Å². The SMILES string of the molecule is CCOc1cccc(C2CC(=O)Nc3c2c(C)nn3-c2nc3ccc(OCC)cc3s2)c1. The van der Waals surface area contributed by atoms with E-state index in [1.165, 1.54) is 11.3 Å². The van der Waals surface area contributed by atoms with Crippen molar-refractivity contribution < 1.29 is 14.3 Å². The number of benzene rings is 2. The predicted molar refractivity (Wildman–Crippen MR) is 125 cm³/mol. The zero-order chi connectivity index (χ0) is 22.2. The van der Waals surface area contributed by atoms with Crippen molar-refractivity contribution in [1.82, 2.24) is 14.8 Å². The molecule has 0 aliphatic carbocycles. The van der Waals surface area contributed by atoms with Crippen molar-refractivity contribution in [2.75, 3.05) is 18.5 Å². The fourth-order valence-corrected chi connectivity index (χ4v) is 5.15. The number of rotatable bonds is 6. The summed E-state index contributed by atoms with van der Waals surface area (Å²) in [5, 5.41) is 8.52. The first-order chi connectivity index (χ1) is 15.6. The Hall–Kier alpha value is -3.39. The average molecular weight is 449 g/mol. The first-order valence-corrected chi connectivity index (χ1v) is 11.5. The van der Waals surface area contributed by atoms with Crippen LogP contribution >= 0.6 is 11.3 Å². The van der Waals surface area contributed by atoms with Gasteiger partial charge in [0.15, 0.2) is 0 Å². The summed E-state index contributed by atoms with van der Waals surface area (Å²) in [5.41, 5.74) is 3.81. The number of carbonyl (C=O) groups is 1. The van der Waals surface area contributed by atoms with Crippen molar-refractivity contribution >= 4 is 33.3 Å². The zero-order valence-corrected chi connectivity index (χ0v) is 19.0. The number of anilines is 1. The second kappa shape index (κ2) is 8.27. The van der Waals surface area contributed by atoms with Gasteiger partial charge in [0.25, 0.3) is 0 Å². The second-order valence-corrected chi connectivity index (χ2v) is 8.64. The number of nitrogens with one attached hydrogen (secondary N) is 1. The number of thiazole rings is 1. The Kier molecular flexibility index (Phi) is 5.30. The maximum atomic E-state index is 12.7. The van der Waals surface area contributed by atoms with Crippen LogP contribution in [0.3, 0.4) is 0 Å². The molecule has 0 saturated heterocycles. The van der Waals surface area contributed by atoms with Gasteiger partial charge in [-0.1, -0.05) is 23.5 Å². The highest BCUT2D eigenvalue weighted by atomic mass is 32.1. The molecule has 1 N–H and O–H groups in total. The Bertz CT molecular complexity index is 1310. The van der Waals surface area contributed by atoms with Gasteiger partial charge < -0.3 is 14.8 Å². The quantitative estimate of drug-likeness (QED) is 0.446. The molecular weight excluding hydrogens is 424 g/mol. The third-order valence-electron chi connectivity index (χ3n) is 5.51. The molecule has 32 heavy (non-hydrogen) atoms. The first-order valence-electron chi connectivity index (χ1n) is 10.7. The van der Waals surface area contributed by atoms with E-state index in [4.69, 9.17) is 19.6 Å². The van der Waals surface area contributed by atoms with Crippen LogP contribution in [0.15, 0.2) is 42.5 Å². The van der Waals surface area contributed by atoms with Crippen molar-refractivity contribution in [1.29, 1.82) is 0 Å². The molecule has 0 saturated carbocycles. The monoisotopic (exact) mass is 448 g/mol. The largest absolute Gasteiger partial charge is 0.494 e. The van der Waals surface area contributed by atoms with Crippen molar-refractivity contribution in [2.24, 2.45) is 0 Å². The van der Waals surface area contributed by atoms with E-state index in [0.717, 1.165) is 38.5 Å². The first kappa shape index (κ1) is 20.5. The van der Waals surface area contributed by atoms with E-state index in [0.29, 0.717) is 30.6 Å². The summed E-state index contributed by atoms with van der Waals surface area (Å²) >= 11 is 1.52. The van der Waals surface area contributed by atoms with Gasteiger partial charge in [0, 0.05) is 17.9 Å². The van der Waals surface area contributed by atoms with Crippen molar-refractivity contribution in [3.8, 4) is 16.6 Å². The van der Waals surface area contributed by atoms with Gasteiger partial charge in [-0.15, -0.1) is 0 Å². The molecule has 1 atom stereocenters. The highest BCUT2D eigenvalue weighted by Crippen LogP contribution is 2.41. The molecule has 2 aromatic carbocycles. The minimum atomic E-state index is -0.0909. The van der Waals surface area contributed by atoms with Crippen LogP contribution in [-0.2, 0) is 4.79 Å². The molecule has 1 aliphatic heterocycles. The second-order valence-electron chi connectivity index (χ2n) is 7.63. The lowest BCUT2D eigenvalue weighted by Gasteiger charge is -2.24.